The highest BCUT2D eigenvalue weighted by atomic mass is 16.5. The predicted molar refractivity (Wildman–Crippen MR) is 74.8 cm³/mol. The van der Waals surface area contributed by atoms with E-state index in [1.165, 1.54) is 18.2 Å². The van der Waals surface area contributed by atoms with E-state index in [0.717, 1.165) is 25.7 Å². The molecule has 6 heteroatoms. The van der Waals surface area contributed by atoms with Crippen LogP contribution in [-0.4, -0.2) is 27.0 Å². The molecule has 6 nitrogen and oxygen atoms in total. The fraction of sp³-hybridized carbons (Fsp3) is 0.467. The summed E-state index contributed by atoms with van der Waals surface area (Å²) in [6.07, 6.45) is 3.88. The van der Waals surface area contributed by atoms with Gasteiger partial charge in [0.05, 0.1) is 5.56 Å². The second kappa shape index (κ2) is 5.37. The smallest absolute Gasteiger partial charge is 0.261 e. The van der Waals surface area contributed by atoms with E-state index >= 15 is 0 Å². The van der Waals surface area contributed by atoms with Crippen LogP contribution in [0.3, 0.4) is 0 Å². The molecule has 1 fully saturated rings. The summed E-state index contributed by atoms with van der Waals surface area (Å²) in [6.45, 7) is 2.53. The van der Waals surface area contributed by atoms with Gasteiger partial charge in [-0.05, 0) is 50.8 Å². The van der Waals surface area contributed by atoms with Crippen molar-refractivity contribution in [1.29, 1.82) is 0 Å². The van der Waals surface area contributed by atoms with Gasteiger partial charge in [-0.25, -0.2) is 0 Å². The number of phenols is 2. The van der Waals surface area contributed by atoms with Gasteiger partial charge in [-0.3, -0.25) is 0 Å². The molecule has 0 atom stereocenters. The van der Waals surface area contributed by atoms with Gasteiger partial charge in [-0.1, -0.05) is 5.16 Å². The lowest BCUT2D eigenvalue weighted by Crippen LogP contribution is -2.27. The van der Waals surface area contributed by atoms with Gasteiger partial charge in [0.2, 0.25) is 5.82 Å². The van der Waals surface area contributed by atoms with E-state index in [9.17, 15) is 10.2 Å². The molecule has 1 aromatic carbocycles. The summed E-state index contributed by atoms with van der Waals surface area (Å²) in [5.41, 5.74) is -0.165. The van der Waals surface area contributed by atoms with Crippen molar-refractivity contribution >= 4 is 0 Å². The van der Waals surface area contributed by atoms with Crippen LogP contribution in [0.15, 0.2) is 22.7 Å². The molecule has 0 spiro atoms. The largest absolute Gasteiger partial charge is 0.508 e. The number of benzene rings is 1. The lowest BCUT2D eigenvalue weighted by atomic mass is 10.0. The molecule has 0 aliphatic heterocycles. The maximum Gasteiger partial charge on any atom is 0.261 e. The zero-order valence-electron chi connectivity index (χ0n) is 11.9. The van der Waals surface area contributed by atoms with E-state index in [1.807, 2.05) is 6.92 Å². The van der Waals surface area contributed by atoms with Crippen molar-refractivity contribution in [3.05, 3.63) is 24.0 Å². The molecule has 3 rings (SSSR count). The van der Waals surface area contributed by atoms with Crippen LogP contribution in [0.25, 0.3) is 11.5 Å². The van der Waals surface area contributed by atoms with Gasteiger partial charge in [-0.2, -0.15) is 4.98 Å². The number of hydrogen-bond acceptors (Lipinski definition) is 6. The van der Waals surface area contributed by atoms with Gasteiger partial charge in [0, 0.05) is 6.61 Å². The SMILES string of the molecule is CCOC1(c2noc(-c3cc(O)ccc3O)n2)CCCC1. The first-order valence-corrected chi connectivity index (χ1v) is 7.15. The van der Waals surface area contributed by atoms with Crippen LogP contribution in [0.2, 0.25) is 0 Å². The Hall–Kier alpha value is -2.08. The summed E-state index contributed by atoms with van der Waals surface area (Å²) < 4.78 is 11.1. The average molecular weight is 290 g/mol. The first-order valence-electron chi connectivity index (χ1n) is 7.15. The highest BCUT2D eigenvalue weighted by molar-refractivity contribution is 5.64. The number of ether oxygens (including phenoxy) is 1. The van der Waals surface area contributed by atoms with Crippen molar-refractivity contribution in [3.8, 4) is 23.0 Å². The molecule has 1 saturated carbocycles. The van der Waals surface area contributed by atoms with Crippen LogP contribution in [0.1, 0.15) is 38.4 Å². The van der Waals surface area contributed by atoms with E-state index in [1.54, 1.807) is 0 Å². The standard InChI is InChI=1S/C15H18N2O4/c1-2-20-15(7-3-4-8-15)14-16-13(21-17-14)11-9-10(18)5-6-12(11)19/h5-6,9,18-19H,2-4,7-8H2,1H3. The quantitative estimate of drug-likeness (QED) is 0.842. The Balaban J connectivity index is 1.97. The molecule has 2 N–H and O–H groups in total. The summed E-state index contributed by atoms with van der Waals surface area (Å²) >= 11 is 0. The van der Waals surface area contributed by atoms with E-state index in [-0.39, 0.29) is 17.4 Å². The highest BCUT2D eigenvalue weighted by Crippen LogP contribution is 2.42. The van der Waals surface area contributed by atoms with Gasteiger partial charge in [0.25, 0.3) is 5.89 Å². The summed E-state index contributed by atoms with van der Waals surface area (Å²) in [5, 5.41) is 23.4. The van der Waals surface area contributed by atoms with Crippen molar-refractivity contribution < 1.29 is 19.5 Å². The van der Waals surface area contributed by atoms with Crippen LogP contribution >= 0.6 is 0 Å². The van der Waals surface area contributed by atoms with Gasteiger partial charge in [0.15, 0.2) is 0 Å². The normalized spacial score (nSPS) is 17.2. The zero-order valence-corrected chi connectivity index (χ0v) is 11.9. The monoisotopic (exact) mass is 290 g/mol. The Kier molecular flexibility index (Phi) is 3.55. The average Bonchev–Trinajstić information content (AvgIpc) is 3.11. The molecule has 0 bridgehead atoms. The topological polar surface area (TPSA) is 88.6 Å². The summed E-state index contributed by atoms with van der Waals surface area (Å²) in [7, 11) is 0. The molecule has 0 unspecified atom stereocenters. The number of phenolic OH excluding ortho intramolecular Hbond substituents is 2. The number of aromatic hydroxyl groups is 2. The first kappa shape index (κ1) is 13.9. The Morgan fingerprint density at radius 1 is 1.29 bits per heavy atom. The lowest BCUT2D eigenvalue weighted by molar-refractivity contribution is -0.0469. The predicted octanol–water partition coefficient (Wildman–Crippen LogP) is 2.95. The number of hydrogen-bond donors (Lipinski definition) is 2. The highest BCUT2D eigenvalue weighted by Gasteiger charge is 2.41. The molecular formula is C15H18N2O4. The van der Waals surface area contributed by atoms with Crippen molar-refractivity contribution in [3.63, 3.8) is 0 Å². The number of aromatic nitrogens is 2. The van der Waals surface area contributed by atoms with Crippen LogP contribution in [0, 0.1) is 0 Å². The summed E-state index contributed by atoms with van der Waals surface area (Å²) in [4.78, 5) is 4.38. The zero-order chi connectivity index (χ0) is 14.9. The minimum absolute atomic E-state index is 0.0140. The van der Waals surface area contributed by atoms with Crippen LogP contribution in [0.4, 0.5) is 0 Å². The molecular weight excluding hydrogens is 272 g/mol. The third kappa shape index (κ3) is 2.47. The fourth-order valence-electron chi connectivity index (χ4n) is 2.87. The molecule has 0 amide bonds. The molecule has 0 radical (unpaired) electrons. The molecule has 1 aliphatic carbocycles. The molecule has 21 heavy (non-hydrogen) atoms. The van der Waals surface area contributed by atoms with Gasteiger partial charge in [0.1, 0.15) is 17.1 Å². The summed E-state index contributed by atoms with van der Waals surface area (Å²) in [6, 6.07) is 4.19. The maximum absolute atomic E-state index is 9.86. The first-order chi connectivity index (χ1) is 10.1. The Labute approximate surface area is 122 Å². The van der Waals surface area contributed by atoms with Gasteiger partial charge in [-0.15, -0.1) is 0 Å². The van der Waals surface area contributed by atoms with E-state index in [0.29, 0.717) is 18.0 Å². The fourth-order valence-corrected chi connectivity index (χ4v) is 2.87. The maximum atomic E-state index is 9.86. The van der Waals surface area contributed by atoms with Crippen molar-refractivity contribution in [2.45, 2.75) is 38.2 Å². The molecule has 2 aromatic rings. The van der Waals surface area contributed by atoms with Crippen molar-refractivity contribution in [2.24, 2.45) is 0 Å². The van der Waals surface area contributed by atoms with Crippen LogP contribution in [-0.2, 0) is 10.3 Å². The van der Waals surface area contributed by atoms with Crippen molar-refractivity contribution in [2.75, 3.05) is 6.61 Å². The second-order valence-electron chi connectivity index (χ2n) is 5.26. The Bertz CT molecular complexity index is 632. The molecule has 1 aromatic heterocycles. The van der Waals surface area contributed by atoms with Gasteiger partial charge >= 0.3 is 0 Å². The molecule has 1 heterocycles. The lowest BCUT2D eigenvalue weighted by Gasteiger charge is -2.24. The van der Waals surface area contributed by atoms with Crippen LogP contribution < -0.4 is 0 Å². The third-order valence-corrected chi connectivity index (χ3v) is 3.88. The Morgan fingerprint density at radius 2 is 2.05 bits per heavy atom. The minimum Gasteiger partial charge on any atom is -0.508 e. The third-order valence-electron chi connectivity index (χ3n) is 3.88. The van der Waals surface area contributed by atoms with E-state index in [2.05, 4.69) is 10.1 Å². The molecule has 1 aliphatic rings. The number of rotatable bonds is 4. The molecule has 112 valence electrons. The Morgan fingerprint density at radius 3 is 2.76 bits per heavy atom. The van der Waals surface area contributed by atoms with E-state index in [4.69, 9.17) is 9.26 Å². The van der Waals surface area contributed by atoms with Crippen LogP contribution in [0.5, 0.6) is 11.5 Å². The van der Waals surface area contributed by atoms with Crippen molar-refractivity contribution in [1.82, 2.24) is 10.1 Å². The van der Waals surface area contributed by atoms with Gasteiger partial charge < -0.3 is 19.5 Å². The number of nitrogens with zero attached hydrogens (tertiary/aromatic N) is 2. The molecule has 0 saturated heterocycles. The summed E-state index contributed by atoms with van der Waals surface area (Å²) in [5.74, 6) is 0.715. The minimum atomic E-state index is -0.483. The second-order valence-corrected chi connectivity index (χ2v) is 5.26. The van der Waals surface area contributed by atoms with E-state index < -0.39 is 5.60 Å².